The molecule has 1 saturated heterocycles. The van der Waals surface area contributed by atoms with Crippen LogP contribution in [-0.2, 0) is 17.6 Å². The van der Waals surface area contributed by atoms with Gasteiger partial charge in [0.05, 0.1) is 31.2 Å². The number of aromatic nitrogens is 2. The van der Waals surface area contributed by atoms with Crippen LogP contribution in [0.4, 0.5) is 11.6 Å². The fourth-order valence-corrected chi connectivity index (χ4v) is 4.97. The summed E-state index contributed by atoms with van der Waals surface area (Å²) in [5.41, 5.74) is 12.1. The minimum absolute atomic E-state index is 0.219. The predicted octanol–water partition coefficient (Wildman–Crippen LogP) is 3.32. The number of hydrogen-bond acceptors (Lipinski definition) is 8. The van der Waals surface area contributed by atoms with Crippen molar-refractivity contribution in [1.82, 2.24) is 14.9 Å². The third kappa shape index (κ3) is 4.72. The van der Waals surface area contributed by atoms with Gasteiger partial charge in [0.2, 0.25) is 5.95 Å². The summed E-state index contributed by atoms with van der Waals surface area (Å²) in [5, 5.41) is 0. The number of fused-ring (bicyclic) bond motifs is 2. The van der Waals surface area contributed by atoms with Crippen LogP contribution >= 0.6 is 0 Å². The highest BCUT2D eigenvalue weighted by atomic mass is 16.5. The van der Waals surface area contributed by atoms with Gasteiger partial charge in [-0.25, -0.2) is 9.97 Å². The molecule has 1 aromatic heterocycles. The van der Waals surface area contributed by atoms with Crippen LogP contribution in [0.5, 0.6) is 11.5 Å². The van der Waals surface area contributed by atoms with E-state index >= 15 is 0 Å². The normalized spacial score (nSPS) is 19.4. The molecule has 2 N–H and O–H groups in total. The molecule has 0 amide bonds. The maximum absolute atomic E-state index is 6.23. The van der Waals surface area contributed by atoms with Crippen LogP contribution in [0.2, 0.25) is 0 Å². The zero-order valence-corrected chi connectivity index (χ0v) is 19.7. The lowest BCUT2D eigenvalue weighted by atomic mass is 9.90. The van der Waals surface area contributed by atoms with Crippen molar-refractivity contribution >= 4 is 17.3 Å². The van der Waals surface area contributed by atoms with Gasteiger partial charge in [-0.15, -0.1) is 0 Å². The first-order chi connectivity index (χ1) is 17.2. The maximum atomic E-state index is 6.23. The van der Waals surface area contributed by atoms with E-state index in [9.17, 15) is 0 Å². The molecule has 2 aromatic carbocycles. The lowest BCUT2D eigenvalue weighted by Gasteiger charge is -2.28. The second kappa shape index (κ2) is 9.64. The SMILES string of the molecule is Nc1nccc(-c2ccc3c(c2)N=C(C2COc4cccc(OCCN5CCOCC5)c4C2)C3)n1. The Balaban J connectivity index is 1.16. The van der Waals surface area contributed by atoms with Gasteiger partial charge in [-0.05, 0) is 36.2 Å². The van der Waals surface area contributed by atoms with E-state index in [0.29, 0.717) is 13.2 Å². The molecule has 3 aromatic rings. The van der Waals surface area contributed by atoms with Crippen LogP contribution in [0, 0.1) is 5.92 Å². The Labute approximate surface area is 204 Å². The third-order valence-electron chi connectivity index (χ3n) is 6.91. The van der Waals surface area contributed by atoms with Crippen molar-refractivity contribution in [3.05, 3.63) is 59.8 Å². The lowest BCUT2D eigenvalue weighted by Crippen LogP contribution is -2.38. The summed E-state index contributed by atoms with van der Waals surface area (Å²) < 4.78 is 17.8. The number of ether oxygens (including phenoxy) is 3. The zero-order chi connectivity index (χ0) is 23.6. The molecule has 0 spiro atoms. The monoisotopic (exact) mass is 471 g/mol. The minimum Gasteiger partial charge on any atom is -0.492 e. The molecule has 1 atom stereocenters. The number of hydrogen-bond donors (Lipinski definition) is 1. The van der Waals surface area contributed by atoms with Crippen molar-refractivity contribution in [2.45, 2.75) is 12.8 Å². The molecule has 0 aliphatic carbocycles. The minimum atomic E-state index is 0.219. The van der Waals surface area contributed by atoms with Gasteiger partial charge in [0.25, 0.3) is 0 Å². The second-order valence-corrected chi connectivity index (χ2v) is 9.17. The molecule has 8 nitrogen and oxygen atoms in total. The van der Waals surface area contributed by atoms with Crippen LogP contribution in [0.25, 0.3) is 11.3 Å². The number of nitrogen functional groups attached to an aromatic ring is 1. The highest BCUT2D eigenvalue weighted by Gasteiger charge is 2.30. The molecule has 3 aliphatic rings. The summed E-state index contributed by atoms with van der Waals surface area (Å²) in [6.07, 6.45) is 3.38. The van der Waals surface area contributed by atoms with Crippen molar-refractivity contribution < 1.29 is 14.2 Å². The first-order valence-corrected chi connectivity index (χ1v) is 12.2. The fraction of sp³-hybridized carbons (Fsp3) is 0.370. The van der Waals surface area contributed by atoms with Gasteiger partial charge >= 0.3 is 0 Å². The van der Waals surface area contributed by atoms with Gasteiger partial charge in [0, 0.05) is 55.0 Å². The van der Waals surface area contributed by atoms with Gasteiger partial charge in [0.15, 0.2) is 0 Å². The molecule has 6 rings (SSSR count). The molecule has 0 radical (unpaired) electrons. The standard InChI is InChI=1S/C27H29N5O3/c28-27-29-7-6-22(31-27)18-4-5-19-16-24(30-23(19)15-18)20-14-21-25(2-1-3-26(21)35-17-20)34-13-10-32-8-11-33-12-9-32/h1-7,15,20H,8-14,16-17H2,(H2,28,29,31). The molecule has 3 aliphatic heterocycles. The predicted molar refractivity (Wildman–Crippen MR) is 135 cm³/mol. The van der Waals surface area contributed by atoms with E-state index in [1.54, 1.807) is 6.20 Å². The average Bonchev–Trinajstić information content (AvgIpc) is 3.33. The Morgan fingerprint density at radius 1 is 1.11 bits per heavy atom. The van der Waals surface area contributed by atoms with E-state index in [4.69, 9.17) is 24.9 Å². The Bertz CT molecular complexity index is 1260. The summed E-state index contributed by atoms with van der Waals surface area (Å²) in [6, 6.07) is 14.3. The lowest BCUT2D eigenvalue weighted by molar-refractivity contribution is 0.0321. The summed E-state index contributed by atoms with van der Waals surface area (Å²) >= 11 is 0. The fourth-order valence-electron chi connectivity index (χ4n) is 4.97. The summed E-state index contributed by atoms with van der Waals surface area (Å²) in [6.45, 7) is 5.73. The first kappa shape index (κ1) is 22.0. The molecule has 180 valence electrons. The smallest absolute Gasteiger partial charge is 0.220 e. The number of nitrogens with two attached hydrogens (primary N) is 1. The molecular formula is C27H29N5O3. The van der Waals surface area contributed by atoms with E-state index in [0.717, 1.165) is 85.4 Å². The maximum Gasteiger partial charge on any atom is 0.220 e. The van der Waals surface area contributed by atoms with Gasteiger partial charge in [-0.2, -0.15) is 0 Å². The van der Waals surface area contributed by atoms with E-state index < -0.39 is 0 Å². The third-order valence-corrected chi connectivity index (χ3v) is 6.91. The molecule has 0 saturated carbocycles. The first-order valence-electron chi connectivity index (χ1n) is 12.2. The average molecular weight is 472 g/mol. The molecule has 8 heteroatoms. The molecule has 4 heterocycles. The highest BCUT2D eigenvalue weighted by molar-refractivity contribution is 5.96. The number of morpholine rings is 1. The Morgan fingerprint density at radius 2 is 2.03 bits per heavy atom. The topological polar surface area (TPSA) is 95.1 Å². The highest BCUT2D eigenvalue weighted by Crippen LogP contribution is 2.38. The van der Waals surface area contributed by atoms with Crippen LogP contribution < -0.4 is 15.2 Å². The Morgan fingerprint density at radius 3 is 2.91 bits per heavy atom. The van der Waals surface area contributed by atoms with Gasteiger partial charge in [0.1, 0.15) is 18.1 Å². The molecule has 1 fully saturated rings. The van der Waals surface area contributed by atoms with E-state index in [1.165, 1.54) is 5.56 Å². The summed E-state index contributed by atoms with van der Waals surface area (Å²) in [4.78, 5) is 15.7. The van der Waals surface area contributed by atoms with Crippen molar-refractivity contribution in [1.29, 1.82) is 0 Å². The van der Waals surface area contributed by atoms with Crippen molar-refractivity contribution in [3.8, 4) is 22.8 Å². The molecule has 35 heavy (non-hydrogen) atoms. The van der Waals surface area contributed by atoms with Gasteiger partial charge < -0.3 is 19.9 Å². The largest absolute Gasteiger partial charge is 0.492 e. The number of benzene rings is 2. The quantitative estimate of drug-likeness (QED) is 0.589. The van der Waals surface area contributed by atoms with Crippen molar-refractivity contribution in [2.24, 2.45) is 10.9 Å². The second-order valence-electron chi connectivity index (χ2n) is 9.17. The number of aliphatic imine (C=N–C) groups is 1. The summed E-state index contributed by atoms with van der Waals surface area (Å²) in [7, 11) is 0. The molecular weight excluding hydrogens is 442 g/mol. The van der Waals surface area contributed by atoms with Crippen molar-refractivity contribution in [2.75, 3.05) is 51.8 Å². The molecule has 0 bridgehead atoms. The van der Waals surface area contributed by atoms with Crippen molar-refractivity contribution in [3.63, 3.8) is 0 Å². The summed E-state index contributed by atoms with van der Waals surface area (Å²) in [5.74, 6) is 2.33. The number of anilines is 1. The molecule has 1 unspecified atom stereocenters. The van der Waals surface area contributed by atoms with E-state index in [2.05, 4.69) is 39.1 Å². The zero-order valence-electron chi connectivity index (χ0n) is 19.7. The number of rotatable bonds is 6. The van der Waals surface area contributed by atoms with Gasteiger partial charge in [-0.1, -0.05) is 18.2 Å². The van der Waals surface area contributed by atoms with Crippen LogP contribution in [0.3, 0.4) is 0 Å². The van der Waals surface area contributed by atoms with Crippen LogP contribution in [0.1, 0.15) is 11.1 Å². The Kier molecular flexibility index (Phi) is 6.06. The van der Waals surface area contributed by atoms with Gasteiger partial charge in [-0.3, -0.25) is 9.89 Å². The van der Waals surface area contributed by atoms with Crippen LogP contribution in [-0.4, -0.2) is 66.6 Å². The van der Waals surface area contributed by atoms with Crippen LogP contribution in [0.15, 0.2) is 53.7 Å². The Hall–Kier alpha value is -3.49. The number of nitrogens with zero attached hydrogens (tertiary/aromatic N) is 4. The van der Waals surface area contributed by atoms with E-state index in [1.807, 2.05) is 18.2 Å². The van der Waals surface area contributed by atoms with E-state index in [-0.39, 0.29) is 11.9 Å².